The minimum atomic E-state index is 0.0353. The average molecular weight is 234 g/mol. The van der Waals surface area contributed by atoms with Crippen LogP contribution in [0, 0.1) is 6.92 Å². The Morgan fingerprint density at radius 3 is 2.82 bits per heavy atom. The van der Waals surface area contributed by atoms with Crippen molar-refractivity contribution in [3.8, 4) is 0 Å². The van der Waals surface area contributed by atoms with E-state index in [2.05, 4.69) is 36.5 Å². The van der Waals surface area contributed by atoms with Crippen molar-refractivity contribution in [2.75, 3.05) is 18.5 Å². The minimum absolute atomic E-state index is 0.0353. The summed E-state index contributed by atoms with van der Waals surface area (Å²) in [5.74, 6) is 0. The number of aryl methyl sites for hydroxylation is 1. The number of anilines is 1. The van der Waals surface area contributed by atoms with Gasteiger partial charge < -0.3 is 15.8 Å². The lowest BCUT2D eigenvalue weighted by Crippen LogP contribution is -2.58. The van der Waals surface area contributed by atoms with Crippen molar-refractivity contribution in [1.82, 2.24) is 0 Å². The van der Waals surface area contributed by atoms with Gasteiger partial charge in [0.25, 0.3) is 0 Å². The fourth-order valence-electron chi connectivity index (χ4n) is 2.51. The molecule has 17 heavy (non-hydrogen) atoms. The third-order valence-corrected chi connectivity index (χ3v) is 3.46. The van der Waals surface area contributed by atoms with Crippen LogP contribution in [0.5, 0.6) is 0 Å². The average Bonchev–Trinajstić information content (AvgIpc) is 2.26. The molecule has 2 rings (SSSR count). The van der Waals surface area contributed by atoms with Crippen LogP contribution in [0.15, 0.2) is 24.3 Å². The molecule has 0 unspecified atom stereocenters. The van der Waals surface area contributed by atoms with Gasteiger partial charge in [-0.25, -0.2) is 0 Å². The fraction of sp³-hybridized carbons (Fsp3) is 0.571. The van der Waals surface area contributed by atoms with Gasteiger partial charge in [0.1, 0.15) is 0 Å². The van der Waals surface area contributed by atoms with Crippen molar-refractivity contribution in [1.29, 1.82) is 0 Å². The Hall–Kier alpha value is -1.06. The number of benzene rings is 1. The van der Waals surface area contributed by atoms with Gasteiger partial charge in [-0.3, -0.25) is 0 Å². The van der Waals surface area contributed by atoms with Crippen LogP contribution in [0.25, 0.3) is 0 Å². The van der Waals surface area contributed by atoms with Crippen molar-refractivity contribution < 1.29 is 4.74 Å². The van der Waals surface area contributed by atoms with Gasteiger partial charge in [0.15, 0.2) is 0 Å². The molecule has 1 fully saturated rings. The highest BCUT2D eigenvalue weighted by molar-refractivity contribution is 5.48. The van der Waals surface area contributed by atoms with Crippen LogP contribution in [0.4, 0.5) is 5.69 Å². The predicted octanol–water partition coefficient (Wildman–Crippen LogP) is 2.30. The van der Waals surface area contributed by atoms with Crippen LogP contribution in [0.1, 0.15) is 25.3 Å². The summed E-state index contributed by atoms with van der Waals surface area (Å²) in [4.78, 5) is 0. The lowest BCUT2D eigenvalue weighted by molar-refractivity contribution is -0.0271. The van der Waals surface area contributed by atoms with Crippen molar-refractivity contribution >= 4 is 5.69 Å². The Morgan fingerprint density at radius 1 is 1.47 bits per heavy atom. The molecule has 1 aliphatic rings. The van der Waals surface area contributed by atoms with Gasteiger partial charge >= 0.3 is 0 Å². The molecule has 1 aromatic carbocycles. The molecule has 3 nitrogen and oxygen atoms in total. The summed E-state index contributed by atoms with van der Waals surface area (Å²) in [6.45, 7) is 5.58. The molecule has 3 N–H and O–H groups in total. The van der Waals surface area contributed by atoms with Crippen molar-refractivity contribution in [2.45, 2.75) is 38.3 Å². The van der Waals surface area contributed by atoms with Crippen molar-refractivity contribution in [2.24, 2.45) is 5.73 Å². The molecular formula is C14H22N2O. The quantitative estimate of drug-likeness (QED) is 0.822. The number of rotatable bonds is 5. The van der Waals surface area contributed by atoms with Crippen LogP contribution >= 0.6 is 0 Å². The van der Waals surface area contributed by atoms with E-state index in [0.717, 1.165) is 25.1 Å². The highest BCUT2D eigenvalue weighted by Gasteiger charge is 2.43. The van der Waals surface area contributed by atoms with Gasteiger partial charge in [0, 0.05) is 18.8 Å². The van der Waals surface area contributed by atoms with E-state index < -0.39 is 0 Å². The third-order valence-electron chi connectivity index (χ3n) is 3.46. The molecule has 0 aliphatic heterocycles. The maximum Gasteiger partial charge on any atom is 0.0620 e. The number of nitrogens with one attached hydrogen (secondary N) is 1. The van der Waals surface area contributed by atoms with Gasteiger partial charge in [-0.05, 0) is 44.4 Å². The first-order chi connectivity index (χ1) is 8.17. The van der Waals surface area contributed by atoms with Crippen LogP contribution < -0.4 is 11.1 Å². The van der Waals surface area contributed by atoms with Gasteiger partial charge in [-0.1, -0.05) is 12.1 Å². The lowest BCUT2D eigenvalue weighted by atomic mass is 9.74. The summed E-state index contributed by atoms with van der Waals surface area (Å²) in [5, 5.41) is 3.57. The monoisotopic (exact) mass is 234 g/mol. The molecule has 0 amide bonds. The maximum atomic E-state index is 5.90. The zero-order valence-electron chi connectivity index (χ0n) is 10.7. The van der Waals surface area contributed by atoms with Crippen LogP contribution in [-0.4, -0.2) is 24.8 Å². The van der Waals surface area contributed by atoms with Gasteiger partial charge in [0.2, 0.25) is 0 Å². The highest BCUT2D eigenvalue weighted by atomic mass is 16.5. The maximum absolute atomic E-state index is 5.90. The van der Waals surface area contributed by atoms with E-state index in [4.69, 9.17) is 10.5 Å². The number of nitrogens with two attached hydrogens (primary N) is 1. The van der Waals surface area contributed by atoms with Gasteiger partial charge in [-0.15, -0.1) is 0 Å². The van der Waals surface area contributed by atoms with Gasteiger partial charge in [0.05, 0.1) is 11.6 Å². The number of ether oxygens (including phenoxy) is 1. The van der Waals surface area contributed by atoms with E-state index in [0.29, 0.717) is 12.6 Å². The summed E-state index contributed by atoms with van der Waals surface area (Å²) in [5.41, 5.74) is 8.35. The van der Waals surface area contributed by atoms with Crippen molar-refractivity contribution in [3.05, 3.63) is 29.8 Å². The number of hydrogen-bond acceptors (Lipinski definition) is 3. The van der Waals surface area contributed by atoms with E-state index >= 15 is 0 Å². The Labute approximate surface area is 103 Å². The zero-order chi connectivity index (χ0) is 12.3. The molecule has 0 aromatic heterocycles. The van der Waals surface area contributed by atoms with Crippen LogP contribution in [-0.2, 0) is 4.74 Å². The van der Waals surface area contributed by atoms with E-state index in [1.807, 2.05) is 6.92 Å². The second kappa shape index (κ2) is 5.07. The van der Waals surface area contributed by atoms with Crippen LogP contribution in [0.3, 0.4) is 0 Å². The first-order valence-electron chi connectivity index (χ1n) is 6.34. The Bertz CT molecular complexity index is 372. The summed E-state index contributed by atoms with van der Waals surface area (Å²) < 4.78 is 5.60. The smallest absolute Gasteiger partial charge is 0.0620 e. The molecule has 1 saturated carbocycles. The lowest BCUT2D eigenvalue weighted by Gasteiger charge is -2.47. The van der Waals surface area contributed by atoms with E-state index in [-0.39, 0.29) is 5.54 Å². The SMILES string of the molecule is CCOC1CC(CN)(Nc2cccc(C)c2)C1. The minimum Gasteiger partial charge on any atom is -0.378 e. The number of hydrogen-bond donors (Lipinski definition) is 2. The molecule has 3 heteroatoms. The molecule has 94 valence electrons. The third kappa shape index (κ3) is 2.79. The van der Waals surface area contributed by atoms with Crippen molar-refractivity contribution in [3.63, 3.8) is 0 Å². The molecule has 1 aliphatic carbocycles. The zero-order valence-corrected chi connectivity index (χ0v) is 10.7. The molecular weight excluding hydrogens is 212 g/mol. The van der Waals surface area contributed by atoms with Crippen LogP contribution in [0.2, 0.25) is 0 Å². The molecule has 0 bridgehead atoms. The van der Waals surface area contributed by atoms with E-state index in [9.17, 15) is 0 Å². The molecule has 0 atom stereocenters. The topological polar surface area (TPSA) is 47.3 Å². The molecule has 0 heterocycles. The standard InChI is InChI=1S/C14H22N2O/c1-3-17-13-8-14(9-13,10-15)16-12-6-4-5-11(2)7-12/h4-7,13,16H,3,8-10,15H2,1-2H3. The molecule has 0 saturated heterocycles. The second-order valence-electron chi connectivity index (χ2n) is 4.96. The largest absolute Gasteiger partial charge is 0.378 e. The summed E-state index contributed by atoms with van der Waals surface area (Å²) in [6.07, 6.45) is 2.39. The summed E-state index contributed by atoms with van der Waals surface area (Å²) in [6, 6.07) is 8.43. The summed E-state index contributed by atoms with van der Waals surface area (Å²) >= 11 is 0. The van der Waals surface area contributed by atoms with Gasteiger partial charge in [-0.2, -0.15) is 0 Å². The fourth-order valence-corrected chi connectivity index (χ4v) is 2.51. The first kappa shape index (κ1) is 12.4. The second-order valence-corrected chi connectivity index (χ2v) is 4.96. The molecule has 1 aromatic rings. The van der Waals surface area contributed by atoms with E-state index in [1.54, 1.807) is 0 Å². The Balaban J connectivity index is 1.97. The summed E-state index contributed by atoms with van der Waals surface area (Å²) in [7, 11) is 0. The first-order valence-corrected chi connectivity index (χ1v) is 6.34. The Kier molecular flexibility index (Phi) is 3.69. The van der Waals surface area contributed by atoms with E-state index in [1.165, 1.54) is 5.56 Å². The highest BCUT2D eigenvalue weighted by Crippen LogP contribution is 2.36. The molecule has 0 spiro atoms. The Morgan fingerprint density at radius 2 is 2.24 bits per heavy atom. The molecule has 0 radical (unpaired) electrons. The predicted molar refractivity (Wildman–Crippen MR) is 71.2 cm³/mol. The normalized spacial score (nSPS) is 27.6.